The first-order valence-corrected chi connectivity index (χ1v) is 10.3. The van der Waals surface area contributed by atoms with E-state index in [1.54, 1.807) is 4.57 Å². The van der Waals surface area contributed by atoms with Gasteiger partial charge in [-0.3, -0.25) is 9.36 Å². The quantitative estimate of drug-likeness (QED) is 0.245. The van der Waals surface area contributed by atoms with Crippen LogP contribution in [0.1, 0.15) is 31.3 Å². The number of halogens is 2. The summed E-state index contributed by atoms with van der Waals surface area (Å²) in [7, 11) is 0. The van der Waals surface area contributed by atoms with Crippen LogP contribution in [0.4, 0.5) is 0 Å². The smallest absolute Gasteiger partial charge is 0.263 e. The number of rotatable bonds is 5. The molecular formula is C17H15Br2N5OS. The summed E-state index contributed by atoms with van der Waals surface area (Å²) in [5.74, 6) is 0.490. The molecule has 134 valence electrons. The van der Waals surface area contributed by atoms with Crippen LogP contribution in [-0.4, -0.2) is 9.55 Å². The van der Waals surface area contributed by atoms with Crippen molar-refractivity contribution in [2.24, 2.45) is 11.0 Å². The Bertz CT molecular complexity index is 1050. The molecule has 0 saturated heterocycles. The second kappa shape index (κ2) is 7.92. The molecule has 2 aromatic heterocycles. The van der Waals surface area contributed by atoms with Gasteiger partial charge in [0, 0.05) is 4.91 Å². The predicted octanol–water partition coefficient (Wildman–Crippen LogP) is 6.04. The molecule has 1 aromatic carbocycles. The number of fused-ring (bicyclic) bond motifs is 1. The minimum atomic E-state index is -0.527. The van der Waals surface area contributed by atoms with E-state index in [1.165, 1.54) is 11.3 Å². The second-order valence-corrected chi connectivity index (χ2v) is 9.22. The molecule has 0 N–H and O–H groups in total. The van der Waals surface area contributed by atoms with Crippen molar-refractivity contribution in [1.29, 1.82) is 0 Å². The normalized spacial score (nSPS) is 12.3. The number of hydrogen-bond donors (Lipinski definition) is 0. The highest BCUT2D eigenvalue weighted by Crippen LogP contribution is 2.38. The molecule has 26 heavy (non-hydrogen) atoms. The van der Waals surface area contributed by atoms with Crippen LogP contribution in [0.5, 0.6) is 0 Å². The average molecular weight is 497 g/mol. The van der Waals surface area contributed by atoms with Gasteiger partial charge in [-0.1, -0.05) is 49.3 Å². The van der Waals surface area contributed by atoms with Crippen molar-refractivity contribution < 1.29 is 0 Å². The molecule has 0 amide bonds. The Morgan fingerprint density at radius 2 is 2.00 bits per heavy atom. The van der Waals surface area contributed by atoms with Gasteiger partial charge in [-0.2, -0.15) is 0 Å². The summed E-state index contributed by atoms with van der Waals surface area (Å²) in [6.07, 6.45) is 0. The fraction of sp³-hybridized carbons (Fsp3) is 0.294. The topological polar surface area (TPSA) is 83.7 Å². The van der Waals surface area contributed by atoms with Gasteiger partial charge in [0.15, 0.2) is 0 Å². The highest BCUT2D eigenvalue weighted by molar-refractivity contribution is 9.13. The third kappa shape index (κ3) is 3.57. The third-order valence-electron chi connectivity index (χ3n) is 4.00. The number of aromatic nitrogens is 2. The summed E-state index contributed by atoms with van der Waals surface area (Å²) >= 11 is 8.31. The molecule has 6 nitrogen and oxygen atoms in total. The lowest BCUT2D eigenvalue weighted by atomic mass is 10.0. The summed E-state index contributed by atoms with van der Waals surface area (Å²) < 4.78 is 3.12. The Morgan fingerprint density at radius 3 is 2.62 bits per heavy atom. The molecule has 3 rings (SSSR count). The molecule has 1 atom stereocenters. The van der Waals surface area contributed by atoms with E-state index in [1.807, 2.05) is 44.2 Å². The van der Waals surface area contributed by atoms with Crippen LogP contribution in [0, 0.1) is 5.92 Å². The first kappa shape index (κ1) is 19.1. The zero-order chi connectivity index (χ0) is 18.8. The van der Waals surface area contributed by atoms with Gasteiger partial charge in [0.2, 0.25) is 0 Å². The van der Waals surface area contributed by atoms with Crippen LogP contribution in [0.15, 0.2) is 48.5 Å². The van der Waals surface area contributed by atoms with Gasteiger partial charge in [0.25, 0.3) is 5.56 Å². The predicted molar refractivity (Wildman–Crippen MR) is 112 cm³/mol. The van der Waals surface area contributed by atoms with Crippen LogP contribution in [-0.2, 0) is 6.54 Å². The van der Waals surface area contributed by atoms with Crippen LogP contribution in [0.2, 0.25) is 0 Å². The van der Waals surface area contributed by atoms with E-state index < -0.39 is 6.04 Å². The van der Waals surface area contributed by atoms with E-state index in [4.69, 9.17) is 10.5 Å². The molecule has 0 unspecified atom stereocenters. The molecule has 0 spiro atoms. The standard InChI is InChI=1S/C17H15Br2N5OS/c1-9(2)13(22-23-20)15-21-16-11(12(18)14(19)26-16)17(25)24(15)8-10-6-4-3-5-7-10/h3-7,9,13H,8H2,1-2H3/t13-/m1/s1. The molecular weight excluding hydrogens is 482 g/mol. The summed E-state index contributed by atoms with van der Waals surface area (Å²) in [5, 5.41) is 4.45. The fourth-order valence-corrected chi connectivity index (χ4v) is 4.91. The van der Waals surface area contributed by atoms with Crippen molar-refractivity contribution in [2.75, 3.05) is 0 Å². The van der Waals surface area contributed by atoms with E-state index in [0.29, 0.717) is 27.1 Å². The van der Waals surface area contributed by atoms with Crippen LogP contribution < -0.4 is 5.56 Å². The van der Waals surface area contributed by atoms with Gasteiger partial charge >= 0.3 is 0 Å². The van der Waals surface area contributed by atoms with E-state index >= 15 is 0 Å². The summed E-state index contributed by atoms with van der Waals surface area (Å²) in [4.78, 5) is 21.6. The molecule has 0 aliphatic carbocycles. The average Bonchev–Trinajstić information content (AvgIpc) is 2.90. The molecule has 2 heterocycles. The van der Waals surface area contributed by atoms with Gasteiger partial charge in [-0.05, 0) is 48.9 Å². The zero-order valence-electron chi connectivity index (χ0n) is 14.1. The van der Waals surface area contributed by atoms with Crippen LogP contribution >= 0.6 is 43.2 Å². The number of azide groups is 1. The van der Waals surface area contributed by atoms with Crippen molar-refractivity contribution in [2.45, 2.75) is 26.4 Å². The lowest BCUT2D eigenvalue weighted by molar-refractivity contribution is 0.462. The van der Waals surface area contributed by atoms with Crippen LogP contribution in [0.3, 0.4) is 0 Å². The molecule has 9 heteroatoms. The molecule has 0 fully saturated rings. The number of hydrogen-bond acceptors (Lipinski definition) is 4. The highest BCUT2D eigenvalue weighted by Gasteiger charge is 2.24. The minimum absolute atomic E-state index is 0.00381. The van der Waals surface area contributed by atoms with E-state index in [-0.39, 0.29) is 11.5 Å². The fourth-order valence-electron chi connectivity index (χ4n) is 2.72. The monoisotopic (exact) mass is 495 g/mol. The number of benzene rings is 1. The lowest BCUT2D eigenvalue weighted by Gasteiger charge is -2.20. The van der Waals surface area contributed by atoms with Gasteiger partial charge in [-0.15, -0.1) is 11.3 Å². The zero-order valence-corrected chi connectivity index (χ0v) is 18.0. The maximum atomic E-state index is 13.3. The SMILES string of the molecule is CC(C)[C@@H](N=[N+]=[N-])c1nc2sc(Br)c(Br)c2c(=O)n1Cc1ccccc1. The molecule has 0 saturated carbocycles. The molecule has 3 aromatic rings. The summed E-state index contributed by atoms with van der Waals surface area (Å²) in [5.41, 5.74) is 9.82. The Morgan fingerprint density at radius 1 is 1.31 bits per heavy atom. The van der Waals surface area contributed by atoms with E-state index in [0.717, 1.165) is 9.35 Å². The first-order valence-electron chi connectivity index (χ1n) is 7.90. The Labute approximate surface area is 170 Å². The van der Waals surface area contributed by atoms with Crippen molar-refractivity contribution in [3.63, 3.8) is 0 Å². The van der Waals surface area contributed by atoms with Crippen LogP contribution in [0.25, 0.3) is 20.7 Å². The number of nitrogens with zero attached hydrogens (tertiary/aromatic N) is 5. The third-order valence-corrected chi connectivity index (χ3v) is 7.34. The highest BCUT2D eigenvalue weighted by atomic mass is 79.9. The summed E-state index contributed by atoms with van der Waals surface area (Å²) in [6.45, 7) is 4.26. The maximum absolute atomic E-state index is 13.3. The largest absolute Gasteiger partial charge is 0.291 e. The Balaban J connectivity index is 2.31. The lowest BCUT2D eigenvalue weighted by Crippen LogP contribution is -2.28. The van der Waals surface area contributed by atoms with Gasteiger partial charge in [0.1, 0.15) is 10.7 Å². The maximum Gasteiger partial charge on any atom is 0.263 e. The number of thiophene rings is 1. The van der Waals surface area contributed by atoms with Crippen molar-refractivity contribution in [1.82, 2.24) is 9.55 Å². The molecule has 0 aliphatic rings. The van der Waals surface area contributed by atoms with Crippen molar-refractivity contribution in [3.8, 4) is 0 Å². The van der Waals surface area contributed by atoms with Gasteiger partial charge in [-0.25, -0.2) is 4.98 Å². The first-order chi connectivity index (χ1) is 12.4. The molecule has 0 bridgehead atoms. The van der Waals surface area contributed by atoms with Crippen molar-refractivity contribution >= 4 is 53.4 Å². The van der Waals surface area contributed by atoms with Crippen molar-refractivity contribution in [3.05, 3.63) is 70.8 Å². The Kier molecular flexibility index (Phi) is 5.82. The van der Waals surface area contributed by atoms with Gasteiger partial charge < -0.3 is 0 Å². The molecule has 0 radical (unpaired) electrons. The van der Waals surface area contributed by atoms with Gasteiger partial charge in [0.05, 0.1) is 26.2 Å². The molecule has 0 aliphatic heterocycles. The minimum Gasteiger partial charge on any atom is -0.291 e. The van der Waals surface area contributed by atoms with E-state index in [9.17, 15) is 4.79 Å². The Hall–Kier alpha value is -1.67. The van der Waals surface area contributed by atoms with E-state index in [2.05, 4.69) is 41.9 Å². The second-order valence-electron chi connectivity index (χ2n) is 6.11. The summed E-state index contributed by atoms with van der Waals surface area (Å²) in [6, 6.07) is 9.17.